The molecule has 5 nitrogen and oxygen atoms in total. The number of halogens is 2. The SMILES string of the molecule is CCCCCCCCOc1ccc(OCCCCCCCC)c2c1C(=O)N(B(F)F)/C2=C\c1ccc2ccccc2n1. The van der Waals surface area contributed by atoms with Gasteiger partial charge < -0.3 is 9.47 Å². The summed E-state index contributed by atoms with van der Waals surface area (Å²) in [5.74, 6) is -0.0555. The number of ether oxygens (including phenoxy) is 2. The summed E-state index contributed by atoms with van der Waals surface area (Å²) in [6.45, 7) is 5.24. The number of amides is 1. The first-order valence-electron chi connectivity index (χ1n) is 15.7. The van der Waals surface area contributed by atoms with Gasteiger partial charge in [-0.25, -0.2) is 4.98 Å². The van der Waals surface area contributed by atoms with Crippen LogP contribution in [0.25, 0.3) is 22.7 Å². The predicted octanol–water partition coefficient (Wildman–Crippen LogP) is 9.59. The maximum atomic E-state index is 14.5. The van der Waals surface area contributed by atoms with Crippen molar-refractivity contribution in [3.8, 4) is 11.5 Å². The fourth-order valence-electron chi connectivity index (χ4n) is 5.39. The first-order chi connectivity index (χ1) is 20.5. The van der Waals surface area contributed by atoms with Crippen LogP contribution in [0, 0.1) is 0 Å². The molecule has 1 aliphatic heterocycles. The summed E-state index contributed by atoms with van der Waals surface area (Å²) in [4.78, 5) is 18.7. The number of aromatic nitrogens is 1. The lowest BCUT2D eigenvalue weighted by molar-refractivity contribution is 0.0897. The number of rotatable bonds is 18. The Bertz CT molecular complexity index is 1350. The molecule has 1 aromatic heterocycles. The van der Waals surface area contributed by atoms with E-state index in [1.807, 2.05) is 30.3 Å². The van der Waals surface area contributed by atoms with E-state index in [1.54, 1.807) is 24.3 Å². The lowest BCUT2D eigenvalue weighted by Crippen LogP contribution is -2.32. The van der Waals surface area contributed by atoms with Crippen LogP contribution in [0.2, 0.25) is 0 Å². The van der Waals surface area contributed by atoms with Gasteiger partial charge in [0.1, 0.15) is 11.5 Å². The molecule has 42 heavy (non-hydrogen) atoms. The van der Waals surface area contributed by atoms with Gasteiger partial charge in [-0.05, 0) is 43.2 Å². The van der Waals surface area contributed by atoms with E-state index < -0.39 is 13.3 Å². The molecule has 0 fully saturated rings. The summed E-state index contributed by atoms with van der Waals surface area (Å²) in [7, 11) is -3.03. The summed E-state index contributed by atoms with van der Waals surface area (Å²) < 4.78 is 41.2. The molecule has 0 saturated carbocycles. The number of nitrogens with zero attached hydrogens (tertiary/aromatic N) is 2. The first kappa shape index (κ1) is 31.5. The van der Waals surface area contributed by atoms with Crippen LogP contribution in [0.4, 0.5) is 8.63 Å². The van der Waals surface area contributed by atoms with Crippen molar-refractivity contribution in [1.29, 1.82) is 0 Å². The quantitative estimate of drug-likeness (QED) is 0.112. The van der Waals surface area contributed by atoms with Crippen LogP contribution in [0.3, 0.4) is 0 Å². The predicted molar refractivity (Wildman–Crippen MR) is 168 cm³/mol. The van der Waals surface area contributed by atoms with Crippen LogP contribution in [0.15, 0.2) is 48.5 Å². The molecular formula is C34H43BF2N2O3. The molecule has 0 bridgehead atoms. The standard InChI is InChI=1S/C34H43BF2N2O3/c1-3-5-7-9-11-15-23-41-30-21-22-31(42-24-16-12-10-8-6-4-2)33-32(30)29(39(34(33)40)35(36)37)25-27-20-19-26-17-13-14-18-28(26)38-27/h13-14,17-22,25H,3-12,15-16,23-24H2,1-2H3/b29-25-. The highest BCUT2D eigenvalue weighted by Crippen LogP contribution is 2.45. The molecule has 2 heterocycles. The van der Waals surface area contributed by atoms with Crippen molar-refractivity contribution in [3.05, 3.63) is 65.4 Å². The number of para-hydroxylation sites is 1. The molecule has 0 aliphatic carbocycles. The zero-order valence-corrected chi connectivity index (χ0v) is 25.0. The molecule has 0 atom stereocenters. The molecule has 2 aromatic carbocycles. The Morgan fingerprint density at radius 1 is 0.738 bits per heavy atom. The molecule has 4 rings (SSSR count). The summed E-state index contributed by atoms with van der Waals surface area (Å²) in [6.07, 6.45) is 14.8. The minimum absolute atomic E-state index is 0.0794. The lowest BCUT2D eigenvalue weighted by Gasteiger charge is -2.16. The van der Waals surface area contributed by atoms with Crippen molar-refractivity contribution >= 4 is 36.0 Å². The normalized spacial score (nSPS) is 13.7. The number of unbranched alkanes of at least 4 members (excludes halogenated alkanes) is 10. The lowest BCUT2D eigenvalue weighted by atomic mass is 10.0. The Morgan fingerprint density at radius 2 is 1.31 bits per heavy atom. The van der Waals surface area contributed by atoms with E-state index in [1.165, 1.54) is 38.5 Å². The molecule has 0 radical (unpaired) electrons. The maximum Gasteiger partial charge on any atom is 0.680 e. The van der Waals surface area contributed by atoms with E-state index in [0.717, 1.165) is 49.4 Å². The van der Waals surface area contributed by atoms with Gasteiger partial charge >= 0.3 is 7.40 Å². The zero-order valence-electron chi connectivity index (χ0n) is 25.0. The summed E-state index contributed by atoms with van der Waals surface area (Å²) in [5, 5.41) is 0.946. The molecule has 0 unspecified atom stereocenters. The van der Waals surface area contributed by atoms with Crippen LogP contribution in [0.5, 0.6) is 11.5 Å². The van der Waals surface area contributed by atoms with Crippen molar-refractivity contribution in [2.75, 3.05) is 13.2 Å². The zero-order chi connectivity index (χ0) is 29.7. The van der Waals surface area contributed by atoms with Crippen LogP contribution >= 0.6 is 0 Å². The average molecular weight is 577 g/mol. The van der Waals surface area contributed by atoms with Crippen LogP contribution in [-0.2, 0) is 0 Å². The van der Waals surface area contributed by atoms with Crippen molar-refractivity contribution in [2.45, 2.75) is 90.9 Å². The van der Waals surface area contributed by atoms with E-state index in [2.05, 4.69) is 18.8 Å². The number of carbonyl (C=O) groups excluding carboxylic acids is 1. The van der Waals surface area contributed by atoms with Crippen LogP contribution in [-0.4, -0.2) is 36.3 Å². The number of hydrogen-bond acceptors (Lipinski definition) is 4. The third-order valence-electron chi connectivity index (χ3n) is 7.69. The summed E-state index contributed by atoms with van der Waals surface area (Å²) in [5.41, 5.74) is 1.79. The molecule has 1 aliphatic rings. The third-order valence-corrected chi connectivity index (χ3v) is 7.69. The molecule has 0 spiro atoms. The highest BCUT2D eigenvalue weighted by atomic mass is 19.2. The average Bonchev–Trinajstić information content (AvgIpc) is 3.29. The molecule has 3 aromatic rings. The minimum atomic E-state index is -3.03. The van der Waals surface area contributed by atoms with E-state index in [9.17, 15) is 13.4 Å². The molecule has 0 N–H and O–H groups in total. The molecule has 1 amide bonds. The Kier molecular flexibility index (Phi) is 12.2. The highest BCUT2D eigenvalue weighted by Gasteiger charge is 2.45. The van der Waals surface area contributed by atoms with Crippen molar-refractivity contribution in [1.82, 2.24) is 9.79 Å². The number of fused-ring (bicyclic) bond motifs is 2. The van der Waals surface area contributed by atoms with E-state index >= 15 is 0 Å². The van der Waals surface area contributed by atoms with Gasteiger partial charge in [0.2, 0.25) is 0 Å². The van der Waals surface area contributed by atoms with E-state index in [0.29, 0.717) is 40.8 Å². The smallest absolute Gasteiger partial charge is 0.493 e. The Balaban J connectivity index is 1.63. The molecule has 8 heteroatoms. The molecule has 0 saturated heterocycles. The Hall–Kier alpha value is -3.42. The Morgan fingerprint density at radius 3 is 1.93 bits per heavy atom. The van der Waals surface area contributed by atoms with Gasteiger partial charge in [0, 0.05) is 5.39 Å². The van der Waals surface area contributed by atoms with Gasteiger partial charge in [-0.3, -0.25) is 18.2 Å². The van der Waals surface area contributed by atoms with Gasteiger partial charge in [-0.1, -0.05) is 102 Å². The van der Waals surface area contributed by atoms with E-state index in [4.69, 9.17) is 9.47 Å². The maximum absolute atomic E-state index is 14.5. The van der Waals surface area contributed by atoms with E-state index in [-0.39, 0.29) is 11.3 Å². The third kappa shape index (κ3) is 8.11. The number of pyridine rings is 1. The molecular weight excluding hydrogens is 533 g/mol. The second kappa shape index (κ2) is 16.3. The van der Waals surface area contributed by atoms with Gasteiger partial charge in [0.25, 0.3) is 5.91 Å². The van der Waals surface area contributed by atoms with Crippen LogP contribution in [0.1, 0.15) is 113 Å². The number of carbonyl (C=O) groups is 1. The fourth-order valence-corrected chi connectivity index (χ4v) is 5.39. The first-order valence-corrected chi connectivity index (χ1v) is 15.7. The van der Waals surface area contributed by atoms with Crippen molar-refractivity contribution < 1.29 is 22.9 Å². The number of benzene rings is 2. The minimum Gasteiger partial charge on any atom is -0.493 e. The second-order valence-corrected chi connectivity index (χ2v) is 11.0. The van der Waals surface area contributed by atoms with Crippen molar-refractivity contribution in [2.24, 2.45) is 0 Å². The summed E-state index contributed by atoms with van der Waals surface area (Å²) in [6, 6.07) is 14.7. The Labute approximate surface area is 249 Å². The van der Waals surface area contributed by atoms with Crippen LogP contribution < -0.4 is 9.47 Å². The van der Waals surface area contributed by atoms with Gasteiger partial charge in [-0.2, -0.15) is 0 Å². The highest BCUT2D eigenvalue weighted by molar-refractivity contribution is 6.49. The second-order valence-electron chi connectivity index (χ2n) is 11.0. The van der Waals surface area contributed by atoms with Gasteiger partial charge in [0.05, 0.1) is 41.2 Å². The number of hydrogen-bond donors (Lipinski definition) is 0. The largest absolute Gasteiger partial charge is 0.680 e. The van der Waals surface area contributed by atoms with Crippen molar-refractivity contribution in [3.63, 3.8) is 0 Å². The van der Waals surface area contributed by atoms with Gasteiger partial charge in [-0.15, -0.1) is 0 Å². The van der Waals surface area contributed by atoms with Gasteiger partial charge in [0.15, 0.2) is 0 Å². The fraction of sp³-hybridized carbons (Fsp3) is 0.471. The summed E-state index contributed by atoms with van der Waals surface area (Å²) >= 11 is 0. The monoisotopic (exact) mass is 576 g/mol. The topological polar surface area (TPSA) is 51.7 Å². The molecule has 224 valence electrons.